The number of nitrogens with two attached hydrogens (primary N) is 1. The van der Waals surface area contributed by atoms with Gasteiger partial charge in [0, 0.05) is 53.2 Å². The molecule has 0 radical (unpaired) electrons. The predicted octanol–water partition coefficient (Wildman–Crippen LogP) is 5.65. The first-order valence-electron chi connectivity index (χ1n) is 12.6. The Labute approximate surface area is 224 Å². The second-order valence-corrected chi connectivity index (χ2v) is 10.9. The number of hydrogen-bond acceptors (Lipinski definition) is 6. The molecule has 10 heteroatoms. The van der Waals surface area contributed by atoms with E-state index in [0.717, 1.165) is 19.0 Å². The van der Waals surface area contributed by atoms with Crippen LogP contribution in [0.1, 0.15) is 37.3 Å². The Hall–Kier alpha value is -2.82. The Morgan fingerprint density at radius 2 is 1.97 bits per heavy atom. The van der Waals surface area contributed by atoms with E-state index in [4.69, 9.17) is 10.5 Å². The number of halogens is 3. The van der Waals surface area contributed by atoms with E-state index >= 15 is 0 Å². The van der Waals surface area contributed by atoms with Gasteiger partial charge in [-0.05, 0) is 68.0 Å². The van der Waals surface area contributed by atoms with Gasteiger partial charge in [0.15, 0.2) is 0 Å². The predicted molar refractivity (Wildman–Crippen MR) is 142 cm³/mol. The molecular weight excluding hydrogens is 515 g/mol. The van der Waals surface area contributed by atoms with E-state index in [2.05, 4.69) is 9.88 Å². The molecule has 0 unspecified atom stereocenters. The fourth-order valence-electron chi connectivity index (χ4n) is 5.31. The number of carboxylic acid groups (broad SMARTS) is 1. The lowest BCUT2D eigenvalue weighted by Gasteiger charge is -2.38. The lowest BCUT2D eigenvalue weighted by atomic mass is 9.79. The van der Waals surface area contributed by atoms with Crippen LogP contribution in [-0.4, -0.2) is 53.5 Å². The summed E-state index contributed by atoms with van der Waals surface area (Å²) in [5, 5.41) is 10.1. The standard InChI is InChI=1S/C28H32F3N3O3S/c1-37-21-3-5-26-23(14-21)28(24(31)15-33-26)25(32)4-2-17-6-7-34(16-18(17)10-27(35)36)8-9-38-22-12-19(29)11-20(30)13-22/h3,5,11-15,17-18,25H,2,4,6-10,16,32H2,1H3,(H,35,36)/t17-,18+,25+/m1/s1. The largest absolute Gasteiger partial charge is 0.497 e. The number of piperidine rings is 1. The maximum atomic E-state index is 14.8. The monoisotopic (exact) mass is 547 g/mol. The molecule has 3 N–H and O–H groups in total. The lowest BCUT2D eigenvalue weighted by Crippen LogP contribution is -2.42. The number of fused-ring (bicyclic) bond motifs is 1. The molecule has 3 atom stereocenters. The number of rotatable bonds is 11. The molecular formula is C28H32F3N3O3S. The van der Waals surface area contributed by atoms with Crippen LogP contribution < -0.4 is 10.5 Å². The number of benzene rings is 2. The van der Waals surface area contributed by atoms with Gasteiger partial charge in [-0.3, -0.25) is 9.78 Å². The summed E-state index contributed by atoms with van der Waals surface area (Å²) in [5.74, 6) is -1.23. The Kier molecular flexibility index (Phi) is 9.51. The summed E-state index contributed by atoms with van der Waals surface area (Å²) < 4.78 is 47.0. The number of nitrogens with zero attached hydrogens (tertiary/aromatic N) is 2. The maximum Gasteiger partial charge on any atom is 0.303 e. The van der Waals surface area contributed by atoms with Gasteiger partial charge in [-0.15, -0.1) is 11.8 Å². The third kappa shape index (κ3) is 7.18. The normalized spacial score (nSPS) is 19.0. The quantitative estimate of drug-likeness (QED) is 0.300. The van der Waals surface area contributed by atoms with Crippen LogP contribution in [0.2, 0.25) is 0 Å². The van der Waals surface area contributed by atoms with Crippen LogP contribution in [0.3, 0.4) is 0 Å². The van der Waals surface area contributed by atoms with E-state index in [1.807, 2.05) is 0 Å². The minimum atomic E-state index is -0.853. The van der Waals surface area contributed by atoms with Crippen molar-refractivity contribution in [3.05, 3.63) is 65.6 Å². The number of hydrogen-bond donors (Lipinski definition) is 2. The zero-order valence-electron chi connectivity index (χ0n) is 21.2. The number of carbonyl (C=O) groups is 1. The molecule has 3 aromatic rings. The highest BCUT2D eigenvalue weighted by Crippen LogP contribution is 2.35. The van der Waals surface area contributed by atoms with Crippen molar-refractivity contribution in [2.24, 2.45) is 17.6 Å². The van der Waals surface area contributed by atoms with Gasteiger partial charge in [0.1, 0.15) is 23.2 Å². The van der Waals surface area contributed by atoms with Gasteiger partial charge in [0.25, 0.3) is 0 Å². The van der Waals surface area contributed by atoms with Crippen LogP contribution in [0.25, 0.3) is 10.9 Å². The number of likely N-dealkylation sites (tertiary alicyclic amines) is 1. The van der Waals surface area contributed by atoms with Crippen molar-refractivity contribution in [3.8, 4) is 5.75 Å². The topological polar surface area (TPSA) is 88.7 Å². The summed E-state index contributed by atoms with van der Waals surface area (Å²) in [5.41, 5.74) is 7.52. The van der Waals surface area contributed by atoms with Crippen molar-refractivity contribution in [1.82, 2.24) is 9.88 Å². The first-order chi connectivity index (χ1) is 18.2. The highest BCUT2D eigenvalue weighted by atomic mass is 32.2. The van der Waals surface area contributed by atoms with Crippen LogP contribution in [0.5, 0.6) is 5.75 Å². The van der Waals surface area contributed by atoms with Crippen LogP contribution >= 0.6 is 11.8 Å². The van der Waals surface area contributed by atoms with Crippen molar-refractivity contribution in [2.75, 3.05) is 32.5 Å². The van der Waals surface area contributed by atoms with E-state index in [0.29, 0.717) is 58.8 Å². The third-order valence-corrected chi connectivity index (χ3v) is 8.17. The second kappa shape index (κ2) is 12.8. The van der Waals surface area contributed by atoms with Crippen molar-refractivity contribution in [2.45, 2.75) is 36.6 Å². The van der Waals surface area contributed by atoms with E-state index in [1.54, 1.807) is 25.3 Å². The minimum absolute atomic E-state index is 0.0441. The SMILES string of the molecule is COc1ccc2ncc(F)c([C@@H](N)CC[C@@H]3CCN(CCSc4cc(F)cc(F)c4)C[C@@H]3CC(=O)O)c2c1. The molecule has 2 heterocycles. The van der Waals surface area contributed by atoms with Crippen LogP contribution in [0.4, 0.5) is 13.2 Å². The van der Waals surface area contributed by atoms with Crippen molar-refractivity contribution in [3.63, 3.8) is 0 Å². The summed E-state index contributed by atoms with van der Waals surface area (Å²) in [6.07, 6.45) is 3.22. The van der Waals surface area contributed by atoms with Crippen LogP contribution in [-0.2, 0) is 4.79 Å². The van der Waals surface area contributed by atoms with Gasteiger partial charge in [-0.2, -0.15) is 0 Å². The first kappa shape index (κ1) is 28.2. The molecule has 0 amide bonds. The Balaban J connectivity index is 1.37. The molecule has 38 heavy (non-hydrogen) atoms. The minimum Gasteiger partial charge on any atom is -0.497 e. The van der Waals surface area contributed by atoms with Gasteiger partial charge >= 0.3 is 5.97 Å². The highest BCUT2D eigenvalue weighted by molar-refractivity contribution is 7.99. The molecule has 2 aromatic carbocycles. The van der Waals surface area contributed by atoms with Crippen molar-refractivity contribution in [1.29, 1.82) is 0 Å². The van der Waals surface area contributed by atoms with Gasteiger partial charge < -0.3 is 20.5 Å². The Morgan fingerprint density at radius 3 is 2.68 bits per heavy atom. The molecule has 0 bridgehead atoms. The van der Waals surface area contributed by atoms with E-state index in [-0.39, 0.29) is 18.3 Å². The summed E-state index contributed by atoms with van der Waals surface area (Å²) in [6, 6.07) is 8.16. The molecule has 4 rings (SSSR count). The molecule has 1 aliphatic rings. The van der Waals surface area contributed by atoms with Gasteiger partial charge in [-0.1, -0.05) is 0 Å². The molecule has 1 saturated heterocycles. The molecule has 1 aromatic heterocycles. The average Bonchev–Trinajstić information content (AvgIpc) is 2.86. The Bertz CT molecular complexity index is 1260. The van der Waals surface area contributed by atoms with Gasteiger partial charge in [0.2, 0.25) is 0 Å². The fourth-order valence-corrected chi connectivity index (χ4v) is 6.29. The number of thioether (sulfide) groups is 1. The molecule has 204 valence electrons. The molecule has 0 saturated carbocycles. The van der Waals surface area contributed by atoms with Crippen LogP contribution in [0.15, 0.2) is 47.5 Å². The molecule has 0 aliphatic carbocycles. The van der Waals surface area contributed by atoms with E-state index in [9.17, 15) is 23.1 Å². The van der Waals surface area contributed by atoms with Crippen LogP contribution in [0, 0.1) is 29.3 Å². The van der Waals surface area contributed by atoms with Gasteiger partial charge in [0.05, 0.1) is 18.8 Å². The number of carboxylic acids is 1. The number of pyridine rings is 1. The number of ether oxygens (including phenoxy) is 1. The third-order valence-electron chi connectivity index (χ3n) is 7.21. The van der Waals surface area contributed by atoms with E-state index < -0.39 is 29.5 Å². The Morgan fingerprint density at radius 1 is 1.21 bits per heavy atom. The zero-order valence-corrected chi connectivity index (χ0v) is 22.0. The van der Waals surface area contributed by atoms with Gasteiger partial charge in [-0.25, -0.2) is 13.2 Å². The number of methoxy groups -OCH3 is 1. The number of aromatic nitrogens is 1. The summed E-state index contributed by atoms with van der Waals surface area (Å²) in [4.78, 5) is 18.5. The number of aliphatic carboxylic acids is 1. The molecule has 6 nitrogen and oxygen atoms in total. The molecule has 1 fully saturated rings. The smallest absolute Gasteiger partial charge is 0.303 e. The summed E-state index contributed by atoms with van der Waals surface area (Å²) in [6.45, 7) is 2.09. The summed E-state index contributed by atoms with van der Waals surface area (Å²) >= 11 is 1.37. The highest BCUT2D eigenvalue weighted by Gasteiger charge is 2.31. The zero-order chi connectivity index (χ0) is 27.2. The van der Waals surface area contributed by atoms with E-state index in [1.165, 1.54) is 30.1 Å². The van der Waals surface area contributed by atoms with Crippen molar-refractivity contribution < 1.29 is 27.8 Å². The molecule has 1 aliphatic heterocycles. The second-order valence-electron chi connectivity index (χ2n) is 9.75. The summed E-state index contributed by atoms with van der Waals surface area (Å²) in [7, 11) is 1.54. The molecule has 0 spiro atoms. The lowest BCUT2D eigenvalue weighted by molar-refractivity contribution is -0.139. The fraction of sp³-hybridized carbons (Fsp3) is 0.429. The first-order valence-corrected chi connectivity index (χ1v) is 13.6. The average molecular weight is 548 g/mol. The maximum absolute atomic E-state index is 14.8. The van der Waals surface area contributed by atoms with Crippen molar-refractivity contribution >= 4 is 28.6 Å².